The van der Waals surface area contributed by atoms with Crippen molar-refractivity contribution < 1.29 is 49.6 Å². The fourth-order valence-corrected chi connectivity index (χ4v) is 6.58. The van der Waals surface area contributed by atoms with Gasteiger partial charge in [0.1, 0.15) is 11.6 Å². The third kappa shape index (κ3) is 5.49. The number of rotatable bonds is 7. The van der Waals surface area contributed by atoms with Crippen LogP contribution in [0, 0.1) is 23.6 Å². The van der Waals surface area contributed by atoms with Gasteiger partial charge in [-0.2, -0.15) is 13.2 Å². The number of fused-ring (bicyclic) bond motifs is 2. The average molecular weight is 638 g/mol. The number of hydrogen-bond donors (Lipinski definition) is 2. The number of carbonyl (C=O) groups is 2. The van der Waals surface area contributed by atoms with Crippen molar-refractivity contribution in [1.29, 1.82) is 0 Å². The lowest BCUT2D eigenvalue weighted by Gasteiger charge is -2.32. The molecule has 236 valence electrons. The van der Waals surface area contributed by atoms with Crippen LogP contribution in [0.1, 0.15) is 44.5 Å². The van der Waals surface area contributed by atoms with Crippen molar-refractivity contribution in [1.82, 2.24) is 5.32 Å². The van der Waals surface area contributed by atoms with Crippen molar-refractivity contribution in [2.45, 2.75) is 61.8 Å². The number of methoxy groups -OCH3 is 1. The molecule has 0 spiro atoms. The van der Waals surface area contributed by atoms with E-state index in [2.05, 4.69) is 10.6 Å². The molecular weight excluding hydrogens is 607 g/mol. The van der Waals surface area contributed by atoms with E-state index in [1.165, 1.54) is 19.2 Å². The van der Waals surface area contributed by atoms with Gasteiger partial charge in [0.2, 0.25) is 5.91 Å². The number of amides is 2. The number of sulfone groups is 1. The number of hydrogen-bond acceptors (Lipinski definition) is 7. The molecule has 3 aliphatic rings. The quantitative estimate of drug-likeness (QED) is 0.268. The van der Waals surface area contributed by atoms with Crippen LogP contribution in [0.5, 0.6) is 5.75 Å². The summed E-state index contributed by atoms with van der Waals surface area (Å²) in [7, 11) is -5.45. The van der Waals surface area contributed by atoms with Gasteiger partial charge in [-0.15, -0.1) is 0 Å². The molecule has 44 heavy (non-hydrogen) atoms. The summed E-state index contributed by atoms with van der Waals surface area (Å²) < 4.78 is 95.3. The van der Waals surface area contributed by atoms with Crippen LogP contribution in [0.3, 0.4) is 0 Å². The maximum Gasteiger partial charge on any atom is 0.501 e. The number of ether oxygens (including phenoxy) is 1. The van der Waals surface area contributed by atoms with Crippen LogP contribution >= 0.6 is 0 Å². The minimum atomic E-state index is -5.63. The second-order valence-corrected chi connectivity index (χ2v) is 14.0. The molecule has 2 aromatic rings. The molecule has 5 rings (SSSR count). The van der Waals surface area contributed by atoms with E-state index in [0.717, 1.165) is 24.3 Å². The van der Waals surface area contributed by atoms with Gasteiger partial charge in [-0.05, 0) is 70.2 Å². The molecule has 1 aliphatic heterocycles. The summed E-state index contributed by atoms with van der Waals surface area (Å²) in [5, 5.41) is 5.37. The Balaban J connectivity index is 1.39. The monoisotopic (exact) mass is 638 g/mol. The van der Waals surface area contributed by atoms with Crippen molar-refractivity contribution in [3.8, 4) is 5.75 Å². The molecule has 2 bridgehead atoms. The van der Waals surface area contributed by atoms with Gasteiger partial charge in [0.15, 0.2) is 0 Å². The van der Waals surface area contributed by atoms with E-state index in [0.29, 0.717) is 6.42 Å². The smallest absolute Gasteiger partial charge is 0.496 e. The van der Waals surface area contributed by atoms with Crippen LogP contribution in [0.4, 0.5) is 23.2 Å². The zero-order chi connectivity index (χ0) is 32.4. The largest absolute Gasteiger partial charge is 0.501 e. The molecule has 9 nitrogen and oxygen atoms in total. The second-order valence-electron chi connectivity index (χ2n) is 12.1. The average Bonchev–Trinajstić information content (AvgIpc) is 3.59. The van der Waals surface area contributed by atoms with Gasteiger partial charge in [0, 0.05) is 23.3 Å². The van der Waals surface area contributed by atoms with Crippen LogP contribution < -0.4 is 20.8 Å². The predicted molar refractivity (Wildman–Crippen MR) is 152 cm³/mol. The molecule has 1 saturated heterocycles. The fourth-order valence-electron chi connectivity index (χ4n) is 5.77. The fraction of sp³-hybridized carbons (Fsp3) is 0.448. The Labute approximate surface area is 252 Å². The molecule has 0 aromatic heterocycles. The first kappa shape index (κ1) is 32.0. The third-order valence-corrected chi connectivity index (χ3v) is 10.3. The molecule has 4 atom stereocenters. The molecule has 2 N–H and O–H groups in total. The van der Waals surface area contributed by atoms with Gasteiger partial charge in [-0.1, -0.05) is 18.2 Å². The Bertz CT molecular complexity index is 1630. The minimum absolute atomic E-state index is 0.00887. The van der Waals surface area contributed by atoms with E-state index in [1.54, 1.807) is 27.7 Å². The van der Waals surface area contributed by atoms with Gasteiger partial charge >= 0.3 is 12.6 Å². The van der Waals surface area contributed by atoms with Crippen molar-refractivity contribution >= 4 is 39.9 Å². The van der Waals surface area contributed by atoms with Crippen molar-refractivity contribution in [3.05, 3.63) is 59.9 Å². The molecule has 2 aromatic carbocycles. The molecule has 0 unspecified atom stereocenters. The predicted octanol–water partition coefficient (Wildman–Crippen LogP) is 3.99. The Morgan fingerprint density at radius 2 is 1.66 bits per heavy atom. The summed E-state index contributed by atoms with van der Waals surface area (Å²) in [6.07, 6.45) is 4.23. The van der Waals surface area contributed by atoms with Gasteiger partial charge in [-0.3, -0.25) is 9.59 Å². The second kappa shape index (κ2) is 10.9. The highest BCUT2D eigenvalue weighted by atomic mass is 32.2. The van der Waals surface area contributed by atoms with Crippen molar-refractivity contribution in [2.24, 2.45) is 17.8 Å². The van der Waals surface area contributed by atoms with E-state index >= 15 is 4.39 Å². The summed E-state index contributed by atoms with van der Waals surface area (Å²) in [5.74, 6) is -3.37. The number of halogens is 4. The Morgan fingerprint density at radius 3 is 2.27 bits per heavy atom. The third-order valence-electron chi connectivity index (χ3n) is 8.85. The molecule has 15 heteroatoms. The number of carbonyl (C=O) groups excluding carboxylic acids is 2. The molecule has 2 fully saturated rings. The first-order chi connectivity index (χ1) is 20.4. The van der Waals surface area contributed by atoms with E-state index in [1.807, 2.05) is 12.2 Å². The Morgan fingerprint density at radius 1 is 1.02 bits per heavy atom. The number of benzene rings is 2. The van der Waals surface area contributed by atoms with Crippen LogP contribution in [0.15, 0.2) is 53.4 Å². The van der Waals surface area contributed by atoms with Crippen LogP contribution in [0.25, 0.3) is 0 Å². The highest BCUT2D eigenvalue weighted by Crippen LogP contribution is 2.45. The molecular formula is C29H31BF4N2O7S. The van der Waals surface area contributed by atoms with Gasteiger partial charge < -0.3 is 24.7 Å². The summed E-state index contributed by atoms with van der Waals surface area (Å²) in [6, 6.07) is 5.50. The van der Waals surface area contributed by atoms with E-state index in [4.69, 9.17) is 14.0 Å². The summed E-state index contributed by atoms with van der Waals surface area (Å²) in [6.45, 7) is 7.23. The standard InChI is InChI=1S/C29H31BF4N2O7S/c1-27(2)28(3,4)43-30(42-27)20-13-19(22(41-5)14-21(20)31)25(37)36-24-16-10-9-15(11-16)23(24)26(38)35-17-7-6-8-18(12-17)44(39,40)29(32,33)34/h6-10,12-16,23-24H,11H2,1-5H3,(H,35,38)(H,36,37)/t15-,16+,23+,24-/m0/s1. The van der Waals surface area contributed by atoms with Crippen molar-refractivity contribution in [3.63, 3.8) is 0 Å². The number of allylic oxidation sites excluding steroid dienone is 1. The lowest BCUT2D eigenvalue weighted by Crippen LogP contribution is -2.47. The molecule has 2 amide bonds. The van der Waals surface area contributed by atoms with Gasteiger partial charge in [0.25, 0.3) is 15.7 Å². The number of alkyl halides is 3. The SMILES string of the molecule is COc1cc(F)c(B2OC(C)(C)C(C)(C)O2)cc1C(=O)N[C@@H]1[C@H](C(=O)Nc2cccc(S(=O)(=O)C(F)(F)F)c2)[C@H]2C=C[C@@H]1C2. The van der Waals surface area contributed by atoms with Crippen LogP contribution in [0.2, 0.25) is 0 Å². The number of nitrogens with one attached hydrogen (secondary N) is 2. The summed E-state index contributed by atoms with van der Waals surface area (Å²) in [5.41, 5.74) is -7.22. The summed E-state index contributed by atoms with van der Waals surface area (Å²) in [4.78, 5) is 26.1. The van der Waals surface area contributed by atoms with Crippen LogP contribution in [-0.2, 0) is 23.9 Å². The zero-order valence-electron chi connectivity index (χ0n) is 24.5. The lowest BCUT2D eigenvalue weighted by atomic mass is 9.77. The maximum atomic E-state index is 15.2. The molecule has 0 radical (unpaired) electrons. The van der Waals surface area contributed by atoms with E-state index < -0.39 is 68.2 Å². The zero-order valence-corrected chi connectivity index (χ0v) is 25.3. The minimum Gasteiger partial charge on any atom is -0.496 e. The van der Waals surface area contributed by atoms with Gasteiger partial charge in [0.05, 0.1) is 34.7 Å². The van der Waals surface area contributed by atoms with Crippen molar-refractivity contribution in [2.75, 3.05) is 12.4 Å². The highest BCUT2D eigenvalue weighted by molar-refractivity contribution is 7.92. The first-order valence-electron chi connectivity index (χ1n) is 13.8. The maximum absolute atomic E-state index is 15.2. The molecule has 2 aliphatic carbocycles. The van der Waals surface area contributed by atoms with Gasteiger partial charge in [-0.25, -0.2) is 12.8 Å². The van der Waals surface area contributed by atoms with E-state index in [-0.39, 0.29) is 34.3 Å². The van der Waals surface area contributed by atoms with E-state index in [9.17, 15) is 31.2 Å². The highest BCUT2D eigenvalue weighted by Gasteiger charge is 2.53. The Hall–Kier alpha value is -3.43. The molecule has 1 heterocycles. The normalized spacial score (nSPS) is 25.2. The number of anilines is 1. The lowest BCUT2D eigenvalue weighted by molar-refractivity contribution is -0.121. The summed E-state index contributed by atoms with van der Waals surface area (Å²) >= 11 is 0. The topological polar surface area (TPSA) is 120 Å². The molecule has 1 saturated carbocycles. The first-order valence-corrected chi connectivity index (χ1v) is 15.3. The van der Waals surface area contributed by atoms with Crippen LogP contribution in [-0.4, -0.2) is 57.2 Å². The Kier molecular flexibility index (Phi) is 7.91.